The van der Waals surface area contributed by atoms with Crippen molar-refractivity contribution in [3.63, 3.8) is 0 Å². The van der Waals surface area contributed by atoms with Crippen molar-refractivity contribution in [1.82, 2.24) is 15.0 Å². The molecular formula is C21H19BN4O2. The Hall–Kier alpha value is -3.55. The molecule has 0 unspecified atom stereocenters. The maximum Gasteiger partial charge on any atom is 0.488 e. The summed E-state index contributed by atoms with van der Waals surface area (Å²) in [5.74, 6) is 0.548. The molecule has 0 spiro atoms. The minimum absolute atomic E-state index is 0.516. The zero-order valence-electron chi connectivity index (χ0n) is 15.0. The molecule has 0 amide bonds. The number of pyridine rings is 1. The Morgan fingerprint density at radius 2 is 1.39 bits per heavy atom. The second-order valence-electron chi connectivity index (χ2n) is 6.45. The van der Waals surface area contributed by atoms with E-state index in [1.807, 2.05) is 36.7 Å². The minimum atomic E-state index is -1.38. The Morgan fingerprint density at radius 3 is 2.04 bits per heavy atom. The number of fused-ring (bicyclic) bond motifs is 2. The largest absolute Gasteiger partial charge is 0.488 e. The molecule has 0 aliphatic carbocycles. The second-order valence-corrected chi connectivity index (χ2v) is 6.45. The zero-order chi connectivity index (χ0) is 19.5. The third-order valence-electron chi connectivity index (χ3n) is 4.55. The van der Waals surface area contributed by atoms with Crippen LogP contribution < -0.4 is 11.2 Å². The molecular weight excluding hydrogens is 351 g/mol. The van der Waals surface area contributed by atoms with E-state index in [2.05, 4.69) is 39.2 Å². The Morgan fingerprint density at radius 1 is 0.750 bits per heavy atom. The van der Waals surface area contributed by atoms with Crippen molar-refractivity contribution in [3.05, 3.63) is 79.3 Å². The molecule has 0 saturated heterocycles. The highest BCUT2D eigenvalue weighted by molar-refractivity contribution is 6.58. The molecule has 2 aromatic carbocycles. The first kappa shape index (κ1) is 17.8. The second kappa shape index (κ2) is 7.60. The molecule has 0 radical (unpaired) electrons. The van der Waals surface area contributed by atoms with Gasteiger partial charge in [0.1, 0.15) is 5.82 Å². The summed E-state index contributed by atoms with van der Waals surface area (Å²) in [7, 11) is -1.38. The van der Waals surface area contributed by atoms with Crippen molar-refractivity contribution >= 4 is 40.2 Å². The average molecular weight is 370 g/mol. The smallest absolute Gasteiger partial charge is 0.423 e. The summed E-state index contributed by atoms with van der Waals surface area (Å²) in [4.78, 5) is 10.3. The maximum atomic E-state index is 8.87. The molecule has 0 aliphatic rings. The van der Waals surface area contributed by atoms with Gasteiger partial charge in [0.15, 0.2) is 0 Å². The molecule has 5 rings (SSSR count). The summed E-state index contributed by atoms with van der Waals surface area (Å²) in [6.07, 6.45) is 5.55. The number of hydrogen-bond donors (Lipinski definition) is 5. The number of H-pyrrole nitrogens is 2. The lowest BCUT2D eigenvalue weighted by molar-refractivity contribution is 0.426. The van der Waals surface area contributed by atoms with Crippen molar-refractivity contribution < 1.29 is 10.0 Å². The fraction of sp³-hybridized carbons (Fsp3) is 0. The topological polar surface area (TPSA) is 111 Å². The molecule has 0 saturated carbocycles. The Balaban J connectivity index is 0.000000143. The average Bonchev–Trinajstić information content (AvgIpc) is 3.37. The molecule has 3 heterocycles. The van der Waals surface area contributed by atoms with Gasteiger partial charge in [0.2, 0.25) is 0 Å². The highest BCUT2D eigenvalue weighted by atomic mass is 16.4. The predicted octanol–water partition coefficient (Wildman–Crippen LogP) is 2.66. The van der Waals surface area contributed by atoms with Crippen molar-refractivity contribution in [3.8, 4) is 11.1 Å². The molecule has 0 atom stereocenters. The van der Waals surface area contributed by atoms with Gasteiger partial charge in [-0.05, 0) is 64.3 Å². The monoisotopic (exact) mass is 370 g/mol. The highest BCUT2D eigenvalue weighted by Crippen LogP contribution is 2.23. The molecule has 0 fully saturated rings. The lowest BCUT2D eigenvalue weighted by Gasteiger charge is -2.01. The molecule has 5 aromatic rings. The van der Waals surface area contributed by atoms with Gasteiger partial charge in [-0.25, -0.2) is 4.98 Å². The fourth-order valence-electron chi connectivity index (χ4n) is 3.04. The van der Waals surface area contributed by atoms with Crippen LogP contribution >= 0.6 is 0 Å². The van der Waals surface area contributed by atoms with Crippen molar-refractivity contribution in [2.75, 3.05) is 5.73 Å². The van der Waals surface area contributed by atoms with E-state index >= 15 is 0 Å². The number of nitrogens with two attached hydrogens (primary N) is 1. The van der Waals surface area contributed by atoms with Gasteiger partial charge in [-0.3, -0.25) is 0 Å². The summed E-state index contributed by atoms with van der Waals surface area (Å²) >= 11 is 0. The first-order chi connectivity index (χ1) is 13.6. The number of rotatable bonds is 2. The quantitative estimate of drug-likeness (QED) is 0.308. The molecule has 0 bridgehead atoms. The third kappa shape index (κ3) is 3.76. The number of nitrogen functional groups attached to an aromatic ring is 1. The van der Waals surface area contributed by atoms with Crippen molar-refractivity contribution in [2.45, 2.75) is 0 Å². The van der Waals surface area contributed by atoms with Crippen LogP contribution in [0.3, 0.4) is 0 Å². The van der Waals surface area contributed by atoms with Crippen LogP contribution in [-0.4, -0.2) is 32.1 Å². The third-order valence-corrected chi connectivity index (χ3v) is 4.55. The number of aromatic amines is 2. The normalized spacial score (nSPS) is 10.6. The molecule has 0 aliphatic heterocycles. The lowest BCUT2D eigenvalue weighted by Crippen LogP contribution is -2.29. The van der Waals surface area contributed by atoms with E-state index in [-0.39, 0.29) is 0 Å². The fourth-order valence-corrected chi connectivity index (χ4v) is 3.04. The standard InChI is InChI=1S/C13H11N3.C8H8BNO2/c14-13-4-2-11(8-16-13)9-1-3-12-10(7-9)5-6-15-12;11-9(12)7-1-2-8-6(5-7)3-4-10-8/h1-8,15H,(H2,14,16);1-5,10-12H. The number of anilines is 1. The number of hydrogen-bond acceptors (Lipinski definition) is 4. The number of nitrogens with one attached hydrogen (secondary N) is 2. The van der Waals surface area contributed by atoms with Gasteiger partial charge in [-0.2, -0.15) is 0 Å². The van der Waals surface area contributed by atoms with E-state index in [1.54, 1.807) is 18.3 Å². The summed E-state index contributed by atoms with van der Waals surface area (Å²) in [5, 5.41) is 19.9. The molecule has 6 N–H and O–H groups in total. The van der Waals surface area contributed by atoms with Crippen LogP contribution in [0, 0.1) is 0 Å². The number of aromatic nitrogens is 3. The summed E-state index contributed by atoms with van der Waals surface area (Å²) in [6, 6.07) is 19.3. The van der Waals surface area contributed by atoms with Gasteiger partial charge < -0.3 is 25.7 Å². The number of nitrogens with zero attached hydrogens (tertiary/aromatic N) is 1. The molecule has 28 heavy (non-hydrogen) atoms. The van der Waals surface area contributed by atoms with Crippen LogP contribution in [0.5, 0.6) is 0 Å². The van der Waals surface area contributed by atoms with Crippen LogP contribution in [-0.2, 0) is 0 Å². The predicted molar refractivity (Wildman–Crippen MR) is 114 cm³/mol. The van der Waals surface area contributed by atoms with E-state index in [1.165, 1.54) is 5.39 Å². The summed E-state index contributed by atoms with van der Waals surface area (Å²) in [5.41, 5.74) is 10.5. The highest BCUT2D eigenvalue weighted by Gasteiger charge is 2.10. The van der Waals surface area contributed by atoms with Crippen LogP contribution in [0.25, 0.3) is 32.9 Å². The first-order valence-electron chi connectivity index (χ1n) is 8.82. The Bertz CT molecular complexity index is 1210. The Kier molecular flexibility index (Phi) is 4.84. The SMILES string of the molecule is Nc1ccc(-c2ccc3[nH]ccc3c2)cn1.OB(O)c1ccc2[nH]ccc2c1. The molecule has 7 heteroatoms. The summed E-state index contributed by atoms with van der Waals surface area (Å²) in [6.45, 7) is 0. The van der Waals surface area contributed by atoms with Gasteiger partial charge in [-0.15, -0.1) is 0 Å². The van der Waals surface area contributed by atoms with Gasteiger partial charge >= 0.3 is 7.12 Å². The minimum Gasteiger partial charge on any atom is -0.423 e. The van der Waals surface area contributed by atoms with Crippen LogP contribution in [0.4, 0.5) is 5.82 Å². The van der Waals surface area contributed by atoms with Crippen LogP contribution in [0.15, 0.2) is 79.3 Å². The first-order valence-corrected chi connectivity index (χ1v) is 8.82. The van der Waals surface area contributed by atoms with Gasteiger partial charge in [0, 0.05) is 35.2 Å². The van der Waals surface area contributed by atoms with E-state index in [9.17, 15) is 0 Å². The van der Waals surface area contributed by atoms with Gasteiger partial charge in [0.05, 0.1) is 0 Å². The van der Waals surface area contributed by atoms with Crippen LogP contribution in [0.2, 0.25) is 0 Å². The van der Waals surface area contributed by atoms with Crippen molar-refractivity contribution in [2.24, 2.45) is 0 Å². The van der Waals surface area contributed by atoms with E-state index in [0.29, 0.717) is 11.3 Å². The maximum absolute atomic E-state index is 8.87. The van der Waals surface area contributed by atoms with Crippen molar-refractivity contribution in [1.29, 1.82) is 0 Å². The van der Waals surface area contributed by atoms with E-state index in [0.717, 1.165) is 27.5 Å². The molecule has 138 valence electrons. The zero-order valence-corrected chi connectivity index (χ0v) is 15.0. The Labute approximate surface area is 161 Å². The van der Waals surface area contributed by atoms with E-state index < -0.39 is 7.12 Å². The number of benzene rings is 2. The van der Waals surface area contributed by atoms with E-state index in [4.69, 9.17) is 15.8 Å². The lowest BCUT2D eigenvalue weighted by atomic mass is 9.80. The van der Waals surface area contributed by atoms with Crippen LogP contribution in [0.1, 0.15) is 0 Å². The molecule has 6 nitrogen and oxygen atoms in total. The van der Waals surface area contributed by atoms with Gasteiger partial charge in [0.25, 0.3) is 0 Å². The summed E-state index contributed by atoms with van der Waals surface area (Å²) < 4.78 is 0. The molecule has 3 aromatic heterocycles. The van der Waals surface area contributed by atoms with Gasteiger partial charge in [-0.1, -0.05) is 18.2 Å².